The van der Waals surface area contributed by atoms with Crippen LogP contribution in [0.5, 0.6) is 0 Å². The van der Waals surface area contributed by atoms with Crippen molar-refractivity contribution >= 4 is 11.9 Å². The Morgan fingerprint density at radius 3 is 2.65 bits per heavy atom. The van der Waals surface area contributed by atoms with Crippen LogP contribution in [-0.2, 0) is 14.3 Å². The molecule has 0 unspecified atom stereocenters. The molecule has 1 fully saturated rings. The van der Waals surface area contributed by atoms with Gasteiger partial charge in [-0.15, -0.1) is 0 Å². The lowest BCUT2D eigenvalue weighted by Gasteiger charge is -2.27. The molecule has 0 aromatic rings. The molecule has 0 radical (unpaired) electrons. The van der Waals surface area contributed by atoms with Crippen LogP contribution in [0.1, 0.15) is 38.5 Å². The lowest BCUT2D eigenvalue weighted by atomic mass is 10.2. The highest BCUT2D eigenvalue weighted by atomic mass is 16.5. The number of aliphatic hydroxyl groups excluding tert-OH is 1. The lowest BCUT2D eigenvalue weighted by molar-refractivity contribution is -0.140. The largest absolute Gasteiger partial charge is 0.469 e. The maximum Gasteiger partial charge on any atom is 0.305 e. The number of rotatable bonds is 9. The molecule has 0 aliphatic heterocycles. The van der Waals surface area contributed by atoms with Crippen molar-refractivity contribution in [1.29, 1.82) is 0 Å². The van der Waals surface area contributed by atoms with Gasteiger partial charge in [-0.05, 0) is 19.3 Å². The normalized spacial score (nSPS) is 15.6. The van der Waals surface area contributed by atoms with Crippen LogP contribution in [0.25, 0.3) is 0 Å². The van der Waals surface area contributed by atoms with Crippen LogP contribution in [0.2, 0.25) is 0 Å². The molecular weight excluding hydrogens is 260 g/mol. The van der Waals surface area contributed by atoms with Gasteiger partial charge >= 0.3 is 5.97 Å². The minimum atomic E-state index is -0.257. The van der Waals surface area contributed by atoms with Crippen LogP contribution in [-0.4, -0.2) is 61.3 Å². The summed E-state index contributed by atoms with van der Waals surface area (Å²) in [6, 6.07) is 0.419. The van der Waals surface area contributed by atoms with E-state index in [1.54, 1.807) is 0 Å². The standard InChI is InChI=1S/C14H26N2O4/c1-20-14(19)7-4-8-15-13(18)11-16(9-10-17)12-5-2-3-6-12/h12,17H,2-11H2,1H3,(H,15,18). The number of carbonyl (C=O) groups is 2. The van der Waals surface area contributed by atoms with E-state index < -0.39 is 0 Å². The fourth-order valence-electron chi connectivity index (χ4n) is 2.59. The van der Waals surface area contributed by atoms with E-state index >= 15 is 0 Å². The van der Waals surface area contributed by atoms with Crippen molar-refractivity contribution in [2.24, 2.45) is 0 Å². The molecule has 1 rings (SSSR count). The Labute approximate surface area is 120 Å². The zero-order valence-corrected chi connectivity index (χ0v) is 12.3. The number of aliphatic hydroxyl groups is 1. The van der Waals surface area contributed by atoms with Gasteiger partial charge in [0.15, 0.2) is 0 Å². The van der Waals surface area contributed by atoms with E-state index in [4.69, 9.17) is 5.11 Å². The van der Waals surface area contributed by atoms with Gasteiger partial charge in [-0.3, -0.25) is 14.5 Å². The van der Waals surface area contributed by atoms with Gasteiger partial charge < -0.3 is 15.2 Å². The van der Waals surface area contributed by atoms with E-state index in [-0.39, 0.29) is 18.5 Å². The van der Waals surface area contributed by atoms with Crippen LogP contribution in [0.15, 0.2) is 0 Å². The summed E-state index contributed by atoms with van der Waals surface area (Å²) in [6.45, 7) is 1.42. The van der Waals surface area contributed by atoms with Gasteiger partial charge in [0.25, 0.3) is 0 Å². The molecule has 0 aromatic carbocycles. The molecule has 1 aliphatic carbocycles. The van der Waals surface area contributed by atoms with Crippen molar-refractivity contribution in [1.82, 2.24) is 10.2 Å². The first-order valence-corrected chi connectivity index (χ1v) is 7.35. The zero-order chi connectivity index (χ0) is 14.8. The number of nitrogens with zero attached hydrogens (tertiary/aromatic N) is 1. The Hall–Kier alpha value is -1.14. The number of carbonyl (C=O) groups excluding carboxylic acids is 2. The molecule has 1 saturated carbocycles. The molecule has 20 heavy (non-hydrogen) atoms. The van der Waals surface area contributed by atoms with E-state index in [0.717, 1.165) is 12.8 Å². The van der Waals surface area contributed by atoms with Gasteiger partial charge in [-0.2, -0.15) is 0 Å². The quantitative estimate of drug-likeness (QED) is 0.470. The number of esters is 1. The molecule has 0 atom stereocenters. The van der Waals surface area contributed by atoms with Crippen molar-refractivity contribution in [3.63, 3.8) is 0 Å². The minimum absolute atomic E-state index is 0.0461. The van der Waals surface area contributed by atoms with Gasteiger partial charge in [0.05, 0.1) is 20.3 Å². The average Bonchev–Trinajstić information content (AvgIpc) is 2.97. The topological polar surface area (TPSA) is 78.9 Å². The molecule has 0 aromatic heterocycles. The third kappa shape index (κ3) is 6.34. The molecule has 6 nitrogen and oxygen atoms in total. The summed E-state index contributed by atoms with van der Waals surface area (Å²) in [5.41, 5.74) is 0. The molecule has 1 aliphatic rings. The van der Waals surface area contributed by atoms with Crippen LogP contribution in [0, 0.1) is 0 Å². The Balaban J connectivity index is 2.22. The van der Waals surface area contributed by atoms with Crippen LogP contribution in [0.4, 0.5) is 0 Å². The maximum atomic E-state index is 11.8. The summed E-state index contributed by atoms with van der Waals surface area (Å²) in [4.78, 5) is 24.8. The number of amides is 1. The highest BCUT2D eigenvalue weighted by Crippen LogP contribution is 2.22. The predicted octanol–water partition coefficient (Wildman–Crippen LogP) is 0.293. The summed E-state index contributed by atoms with van der Waals surface area (Å²) in [6.07, 6.45) is 5.52. The van der Waals surface area contributed by atoms with Crippen molar-refractivity contribution in [2.45, 2.75) is 44.6 Å². The Bertz CT molecular complexity index is 304. The van der Waals surface area contributed by atoms with Gasteiger partial charge in [0.1, 0.15) is 0 Å². The van der Waals surface area contributed by atoms with E-state index in [9.17, 15) is 9.59 Å². The van der Waals surface area contributed by atoms with E-state index in [2.05, 4.69) is 15.0 Å². The SMILES string of the molecule is COC(=O)CCCNC(=O)CN(CCO)C1CCCC1. The van der Waals surface area contributed by atoms with Gasteiger partial charge in [-0.1, -0.05) is 12.8 Å². The molecular formula is C14H26N2O4. The summed E-state index contributed by atoms with van der Waals surface area (Å²) in [5.74, 6) is -0.303. The molecule has 0 bridgehead atoms. The molecule has 0 saturated heterocycles. The van der Waals surface area contributed by atoms with E-state index in [1.807, 2.05) is 0 Å². The number of nitrogens with one attached hydrogen (secondary N) is 1. The van der Waals surface area contributed by atoms with Gasteiger partial charge in [0.2, 0.25) is 5.91 Å². The van der Waals surface area contributed by atoms with Crippen molar-refractivity contribution in [2.75, 3.05) is 33.4 Å². The summed E-state index contributed by atoms with van der Waals surface area (Å²) < 4.78 is 4.53. The van der Waals surface area contributed by atoms with Crippen molar-refractivity contribution < 1.29 is 19.4 Å². The zero-order valence-electron chi connectivity index (χ0n) is 12.3. The smallest absolute Gasteiger partial charge is 0.305 e. The Morgan fingerprint density at radius 1 is 1.35 bits per heavy atom. The molecule has 6 heteroatoms. The second-order valence-corrected chi connectivity index (χ2v) is 5.16. The lowest BCUT2D eigenvalue weighted by Crippen LogP contribution is -2.43. The van der Waals surface area contributed by atoms with Gasteiger partial charge in [0, 0.05) is 25.6 Å². The van der Waals surface area contributed by atoms with E-state index in [0.29, 0.717) is 38.5 Å². The number of hydrogen-bond acceptors (Lipinski definition) is 5. The average molecular weight is 286 g/mol. The number of methoxy groups -OCH3 is 1. The van der Waals surface area contributed by atoms with Crippen LogP contribution in [0.3, 0.4) is 0 Å². The molecule has 0 spiro atoms. The number of ether oxygens (including phenoxy) is 1. The maximum absolute atomic E-state index is 11.8. The third-order valence-electron chi connectivity index (χ3n) is 3.68. The number of hydrogen-bond donors (Lipinski definition) is 2. The van der Waals surface area contributed by atoms with Crippen LogP contribution < -0.4 is 5.32 Å². The van der Waals surface area contributed by atoms with Crippen molar-refractivity contribution in [3.05, 3.63) is 0 Å². The van der Waals surface area contributed by atoms with Crippen LogP contribution >= 0.6 is 0 Å². The first-order valence-electron chi connectivity index (χ1n) is 7.35. The molecule has 2 N–H and O–H groups in total. The second-order valence-electron chi connectivity index (χ2n) is 5.16. The first kappa shape index (κ1) is 16.9. The summed E-state index contributed by atoms with van der Waals surface area (Å²) >= 11 is 0. The molecule has 0 heterocycles. The highest BCUT2D eigenvalue weighted by Gasteiger charge is 2.23. The Morgan fingerprint density at radius 2 is 2.05 bits per heavy atom. The fourth-order valence-corrected chi connectivity index (χ4v) is 2.59. The first-order chi connectivity index (χ1) is 9.67. The summed E-state index contributed by atoms with van der Waals surface area (Å²) in [5, 5.41) is 11.9. The van der Waals surface area contributed by atoms with Crippen molar-refractivity contribution in [3.8, 4) is 0 Å². The third-order valence-corrected chi connectivity index (χ3v) is 3.68. The Kier molecular flexibility index (Phi) is 8.22. The predicted molar refractivity (Wildman–Crippen MR) is 75.2 cm³/mol. The second kappa shape index (κ2) is 9.72. The highest BCUT2D eigenvalue weighted by molar-refractivity contribution is 5.78. The van der Waals surface area contributed by atoms with E-state index in [1.165, 1.54) is 20.0 Å². The minimum Gasteiger partial charge on any atom is -0.469 e. The monoisotopic (exact) mass is 286 g/mol. The summed E-state index contributed by atoms with van der Waals surface area (Å²) in [7, 11) is 1.36. The molecule has 116 valence electrons. The molecule has 1 amide bonds. The van der Waals surface area contributed by atoms with Gasteiger partial charge in [-0.25, -0.2) is 0 Å². The fraction of sp³-hybridized carbons (Fsp3) is 0.857.